The van der Waals surface area contributed by atoms with Crippen molar-refractivity contribution in [3.63, 3.8) is 0 Å². The van der Waals surface area contributed by atoms with E-state index >= 15 is 0 Å². The van der Waals surface area contributed by atoms with E-state index in [1.54, 1.807) is 24.3 Å². The van der Waals surface area contributed by atoms with E-state index in [2.05, 4.69) is 5.32 Å². The summed E-state index contributed by atoms with van der Waals surface area (Å²) in [6, 6.07) is 22.5. The normalized spacial score (nSPS) is 12.0. The van der Waals surface area contributed by atoms with Gasteiger partial charge in [-0.3, -0.25) is 13.9 Å². The number of sulfonamides is 1. The van der Waals surface area contributed by atoms with Crippen LogP contribution in [0.5, 0.6) is 0 Å². The van der Waals surface area contributed by atoms with Crippen molar-refractivity contribution in [2.75, 3.05) is 23.7 Å². The molecule has 0 spiro atoms. The molecule has 0 saturated carbocycles. The standard InChI is InChI=1S/C29H34ClN3O4S/c1-4-18-31-29(35)27(19-23-11-6-5-7-12-23)32(20-24-13-9-8-10-22(24)2)28(34)21-33(38(3,36)37)26-16-14-25(30)15-17-26/h5-17,27H,4,18-21H2,1-3H3,(H,31,35). The molecule has 1 atom stereocenters. The Balaban J connectivity index is 2.04. The molecule has 0 fully saturated rings. The number of rotatable bonds is 12. The lowest BCUT2D eigenvalue weighted by atomic mass is 10.0. The number of nitrogens with zero attached hydrogens (tertiary/aromatic N) is 2. The van der Waals surface area contributed by atoms with E-state index in [0.29, 0.717) is 17.3 Å². The molecule has 0 bridgehead atoms. The highest BCUT2D eigenvalue weighted by Gasteiger charge is 2.33. The van der Waals surface area contributed by atoms with Gasteiger partial charge in [0.25, 0.3) is 0 Å². The monoisotopic (exact) mass is 555 g/mol. The number of aryl methyl sites for hydroxylation is 1. The molecule has 0 aliphatic rings. The van der Waals surface area contributed by atoms with Crippen LogP contribution in [-0.2, 0) is 32.6 Å². The minimum atomic E-state index is -3.82. The number of benzene rings is 3. The fourth-order valence-corrected chi connectivity index (χ4v) is 5.09. The van der Waals surface area contributed by atoms with Crippen LogP contribution in [0.15, 0.2) is 78.9 Å². The largest absolute Gasteiger partial charge is 0.354 e. The maximum atomic E-state index is 14.0. The molecule has 0 aliphatic carbocycles. The van der Waals surface area contributed by atoms with E-state index in [-0.39, 0.29) is 18.9 Å². The first-order valence-corrected chi connectivity index (χ1v) is 14.7. The number of hydrogen-bond donors (Lipinski definition) is 1. The molecule has 2 amide bonds. The third-order valence-electron chi connectivity index (χ3n) is 6.22. The summed E-state index contributed by atoms with van der Waals surface area (Å²) in [6.07, 6.45) is 2.08. The lowest BCUT2D eigenvalue weighted by Crippen LogP contribution is -2.53. The summed E-state index contributed by atoms with van der Waals surface area (Å²) in [4.78, 5) is 28.9. The zero-order valence-electron chi connectivity index (χ0n) is 21.9. The maximum Gasteiger partial charge on any atom is 0.244 e. The lowest BCUT2D eigenvalue weighted by Gasteiger charge is -2.34. The number of amides is 2. The molecule has 9 heteroatoms. The Morgan fingerprint density at radius 3 is 2.18 bits per heavy atom. The van der Waals surface area contributed by atoms with Crippen LogP contribution in [0.4, 0.5) is 5.69 Å². The highest BCUT2D eigenvalue weighted by molar-refractivity contribution is 7.92. The zero-order valence-corrected chi connectivity index (χ0v) is 23.5. The number of halogens is 1. The van der Waals surface area contributed by atoms with Crippen molar-refractivity contribution in [2.24, 2.45) is 0 Å². The highest BCUT2D eigenvalue weighted by atomic mass is 35.5. The van der Waals surface area contributed by atoms with Crippen molar-refractivity contribution in [1.82, 2.24) is 10.2 Å². The summed E-state index contributed by atoms with van der Waals surface area (Å²) in [5.74, 6) is -0.767. The molecule has 0 radical (unpaired) electrons. The van der Waals surface area contributed by atoms with Gasteiger partial charge in [0.05, 0.1) is 11.9 Å². The van der Waals surface area contributed by atoms with Gasteiger partial charge in [-0.05, 0) is 54.3 Å². The number of carbonyl (C=O) groups is 2. The van der Waals surface area contributed by atoms with E-state index in [9.17, 15) is 18.0 Å². The predicted molar refractivity (Wildman–Crippen MR) is 153 cm³/mol. The van der Waals surface area contributed by atoms with Gasteiger partial charge in [0.15, 0.2) is 0 Å². The van der Waals surface area contributed by atoms with E-state index in [1.165, 1.54) is 4.90 Å². The molecule has 3 aromatic carbocycles. The molecular formula is C29H34ClN3O4S. The summed E-state index contributed by atoms with van der Waals surface area (Å²) in [7, 11) is -3.82. The average molecular weight is 556 g/mol. The van der Waals surface area contributed by atoms with Gasteiger partial charge in [0.2, 0.25) is 21.8 Å². The van der Waals surface area contributed by atoms with Crippen molar-refractivity contribution in [3.8, 4) is 0 Å². The van der Waals surface area contributed by atoms with E-state index in [0.717, 1.165) is 33.7 Å². The van der Waals surface area contributed by atoms with E-state index < -0.39 is 28.5 Å². The first-order valence-electron chi connectivity index (χ1n) is 12.5. The third-order valence-corrected chi connectivity index (χ3v) is 7.61. The highest BCUT2D eigenvalue weighted by Crippen LogP contribution is 2.22. The molecule has 7 nitrogen and oxygen atoms in total. The third kappa shape index (κ3) is 8.07. The van der Waals surface area contributed by atoms with E-state index in [1.807, 2.05) is 68.4 Å². The van der Waals surface area contributed by atoms with Crippen LogP contribution in [0.3, 0.4) is 0 Å². The molecule has 0 aliphatic heterocycles. The summed E-state index contributed by atoms with van der Waals surface area (Å²) in [5, 5.41) is 3.38. The SMILES string of the molecule is CCCNC(=O)C(Cc1ccccc1)N(Cc1ccccc1C)C(=O)CN(c1ccc(Cl)cc1)S(C)(=O)=O. The Bertz CT molecular complexity index is 1330. The molecule has 3 rings (SSSR count). The summed E-state index contributed by atoms with van der Waals surface area (Å²) >= 11 is 6.00. The Hall–Kier alpha value is -3.36. The van der Waals surface area contributed by atoms with Gasteiger partial charge in [-0.2, -0.15) is 0 Å². The molecule has 1 N–H and O–H groups in total. The van der Waals surface area contributed by atoms with Crippen molar-refractivity contribution < 1.29 is 18.0 Å². The predicted octanol–water partition coefficient (Wildman–Crippen LogP) is 4.58. The van der Waals surface area contributed by atoms with Gasteiger partial charge < -0.3 is 10.2 Å². The van der Waals surface area contributed by atoms with Crippen molar-refractivity contribution in [3.05, 3.63) is 101 Å². The Morgan fingerprint density at radius 2 is 1.58 bits per heavy atom. The second-order valence-corrected chi connectivity index (χ2v) is 11.5. The number of carbonyl (C=O) groups excluding carboxylic acids is 2. The average Bonchev–Trinajstić information content (AvgIpc) is 2.89. The van der Waals surface area contributed by atoms with Crippen molar-refractivity contribution in [1.29, 1.82) is 0 Å². The minimum absolute atomic E-state index is 0.154. The van der Waals surface area contributed by atoms with E-state index in [4.69, 9.17) is 11.6 Å². The fraction of sp³-hybridized carbons (Fsp3) is 0.310. The van der Waals surface area contributed by atoms with Crippen LogP contribution < -0.4 is 9.62 Å². The minimum Gasteiger partial charge on any atom is -0.354 e. The lowest BCUT2D eigenvalue weighted by molar-refractivity contribution is -0.140. The number of anilines is 1. The first-order chi connectivity index (χ1) is 18.1. The van der Waals surface area contributed by atoms with Gasteiger partial charge in [0, 0.05) is 24.5 Å². The van der Waals surface area contributed by atoms with Crippen molar-refractivity contribution in [2.45, 2.75) is 39.3 Å². The molecule has 0 aromatic heterocycles. The molecule has 202 valence electrons. The van der Waals surface area contributed by atoms with Crippen LogP contribution in [0, 0.1) is 6.92 Å². The van der Waals surface area contributed by atoms with Crippen LogP contribution in [0.1, 0.15) is 30.0 Å². The summed E-state index contributed by atoms with van der Waals surface area (Å²) in [5.41, 5.74) is 3.05. The second-order valence-electron chi connectivity index (χ2n) is 9.19. The quantitative estimate of drug-likeness (QED) is 0.354. The molecule has 38 heavy (non-hydrogen) atoms. The molecule has 3 aromatic rings. The Kier molecular flexibility index (Phi) is 10.3. The van der Waals surface area contributed by atoms with Crippen LogP contribution in [0.2, 0.25) is 5.02 Å². The van der Waals surface area contributed by atoms with Gasteiger partial charge >= 0.3 is 0 Å². The van der Waals surface area contributed by atoms with Crippen molar-refractivity contribution >= 4 is 39.1 Å². The zero-order chi connectivity index (χ0) is 27.7. The number of hydrogen-bond acceptors (Lipinski definition) is 4. The smallest absolute Gasteiger partial charge is 0.244 e. The summed E-state index contributed by atoms with van der Waals surface area (Å²) in [6.45, 7) is 4.06. The Morgan fingerprint density at radius 1 is 0.947 bits per heavy atom. The molecular weight excluding hydrogens is 522 g/mol. The summed E-state index contributed by atoms with van der Waals surface area (Å²) < 4.78 is 26.6. The molecule has 0 saturated heterocycles. The first kappa shape index (κ1) is 29.2. The number of nitrogens with one attached hydrogen (secondary N) is 1. The van der Waals surface area contributed by atoms with Gasteiger partial charge in [0.1, 0.15) is 12.6 Å². The Labute approximate surface area is 230 Å². The van der Waals surface area contributed by atoms with Gasteiger partial charge in [-0.25, -0.2) is 8.42 Å². The van der Waals surface area contributed by atoms with Gasteiger partial charge in [-0.1, -0.05) is 73.1 Å². The van der Waals surface area contributed by atoms with Crippen LogP contribution >= 0.6 is 11.6 Å². The topological polar surface area (TPSA) is 86.8 Å². The second kappa shape index (κ2) is 13.4. The van der Waals surface area contributed by atoms with Crippen LogP contribution in [-0.4, -0.2) is 50.5 Å². The van der Waals surface area contributed by atoms with Crippen LogP contribution in [0.25, 0.3) is 0 Å². The maximum absolute atomic E-state index is 14.0. The molecule has 0 heterocycles. The fourth-order valence-electron chi connectivity index (χ4n) is 4.11. The van der Waals surface area contributed by atoms with Gasteiger partial charge in [-0.15, -0.1) is 0 Å². The molecule has 1 unspecified atom stereocenters.